The van der Waals surface area contributed by atoms with Crippen molar-refractivity contribution in [2.45, 2.75) is 38.6 Å². The van der Waals surface area contributed by atoms with Crippen molar-refractivity contribution in [2.75, 3.05) is 0 Å². The van der Waals surface area contributed by atoms with Gasteiger partial charge in [0.1, 0.15) is 0 Å². The first-order valence-corrected chi connectivity index (χ1v) is 8.17. The van der Waals surface area contributed by atoms with Crippen molar-refractivity contribution in [1.82, 2.24) is 20.5 Å². The molecule has 2 aromatic rings. The van der Waals surface area contributed by atoms with Gasteiger partial charge in [0.05, 0.1) is 15.6 Å². The van der Waals surface area contributed by atoms with Crippen molar-refractivity contribution in [1.29, 1.82) is 0 Å². The average molecular weight is 355 g/mol. The van der Waals surface area contributed by atoms with E-state index in [4.69, 9.17) is 27.6 Å². The first kappa shape index (κ1) is 16.2. The van der Waals surface area contributed by atoms with Crippen molar-refractivity contribution in [3.63, 3.8) is 0 Å². The third kappa shape index (κ3) is 3.82. The smallest absolute Gasteiger partial charge is 0.254 e. The molecule has 8 heteroatoms. The summed E-state index contributed by atoms with van der Waals surface area (Å²) in [4.78, 5) is 16.2. The molecular formula is C15H16Cl2N4O2. The van der Waals surface area contributed by atoms with Gasteiger partial charge < -0.3 is 9.73 Å². The highest BCUT2D eigenvalue weighted by Crippen LogP contribution is 2.29. The summed E-state index contributed by atoms with van der Waals surface area (Å²) in [7, 11) is 0. The zero-order valence-electron chi connectivity index (χ0n) is 12.6. The van der Waals surface area contributed by atoms with Crippen LogP contribution in [0.25, 0.3) is 0 Å². The number of halogens is 2. The minimum Gasteiger partial charge on any atom is -0.426 e. The summed E-state index contributed by atoms with van der Waals surface area (Å²) in [5.74, 6) is 1.38. The highest BCUT2D eigenvalue weighted by atomic mass is 35.5. The normalized spacial score (nSPS) is 20.7. The molecule has 2 heterocycles. The number of carbonyl (C=O) groups is 1. The molecule has 0 aliphatic heterocycles. The van der Waals surface area contributed by atoms with E-state index in [1.54, 1.807) is 6.92 Å². The minimum atomic E-state index is -0.262. The predicted molar refractivity (Wildman–Crippen MR) is 85.6 cm³/mol. The van der Waals surface area contributed by atoms with Gasteiger partial charge in [0.2, 0.25) is 11.8 Å². The van der Waals surface area contributed by atoms with Gasteiger partial charge >= 0.3 is 0 Å². The number of hydrogen-bond donors (Lipinski definition) is 1. The molecule has 1 saturated carbocycles. The quantitative estimate of drug-likeness (QED) is 0.911. The summed E-state index contributed by atoms with van der Waals surface area (Å²) in [5.41, 5.74) is 0.277. The van der Waals surface area contributed by atoms with Gasteiger partial charge in [-0.2, -0.15) is 0 Å². The molecule has 6 nitrogen and oxygen atoms in total. The SMILES string of the molecule is Cc1nnc(C[C@@H]2CC[C@H](NC(=O)c3c(Cl)cncc3Cl)C2)o1. The Kier molecular flexibility index (Phi) is 4.82. The van der Waals surface area contributed by atoms with Crippen LogP contribution in [0, 0.1) is 12.8 Å². The second-order valence-electron chi connectivity index (χ2n) is 5.75. The summed E-state index contributed by atoms with van der Waals surface area (Å²) >= 11 is 12.0. The topological polar surface area (TPSA) is 80.9 Å². The molecule has 1 fully saturated rings. The summed E-state index contributed by atoms with van der Waals surface area (Å²) in [6, 6.07) is 0.0943. The molecule has 1 aliphatic carbocycles. The third-order valence-electron chi connectivity index (χ3n) is 3.99. The van der Waals surface area contributed by atoms with Crippen LogP contribution in [0.3, 0.4) is 0 Å². The number of rotatable bonds is 4. The fraction of sp³-hybridized carbons (Fsp3) is 0.467. The number of hydrogen-bond acceptors (Lipinski definition) is 5. The van der Waals surface area contributed by atoms with E-state index < -0.39 is 0 Å². The number of nitrogens with zero attached hydrogens (tertiary/aromatic N) is 3. The molecule has 0 unspecified atom stereocenters. The van der Waals surface area contributed by atoms with E-state index in [0.717, 1.165) is 25.7 Å². The second kappa shape index (κ2) is 6.84. The molecule has 0 spiro atoms. The predicted octanol–water partition coefficient (Wildman–Crippen LogP) is 3.22. The Bertz CT molecular complexity index is 699. The molecule has 122 valence electrons. The van der Waals surface area contributed by atoms with Gasteiger partial charge in [0.25, 0.3) is 5.91 Å². The van der Waals surface area contributed by atoms with Crippen LogP contribution in [0.2, 0.25) is 10.0 Å². The first-order chi connectivity index (χ1) is 11.0. The molecule has 1 N–H and O–H groups in total. The maximum Gasteiger partial charge on any atom is 0.254 e. The lowest BCUT2D eigenvalue weighted by Crippen LogP contribution is -2.33. The summed E-state index contributed by atoms with van der Waals surface area (Å²) in [6.45, 7) is 1.77. The van der Waals surface area contributed by atoms with Crippen LogP contribution in [0.5, 0.6) is 0 Å². The lowest BCUT2D eigenvalue weighted by molar-refractivity contribution is 0.0937. The Balaban J connectivity index is 1.58. The van der Waals surface area contributed by atoms with E-state index in [9.17, 15) is 4.79 Å². The Hall–Kier alpha value is -1.66. The van der Waals surface area contributed by atoms with E-state index in [1.807, 2.05) is 0 Å². The Morgan fingerprint density at radius 2 is 2.04 bits per heavy atom. The molecule has 1 aliphatic rings. The van der Waals surface area contributed by atoms with Gasteiger partial charge in [-0.1, -0.05) is 23.2 Å². The lowest BCUT2D eigenvalue weighted by atomic mass is 10.0. The maximum absolute atomic E-state index is 12.4. The molecule has 0 saturated heterocycles. The maximum atomic E-state index is 12.4. The van der Waals surface area contributed by atoms with E-state index in [-0.39, 0.29) is 27.6 Å². The fourth-order valence-corrected chi connectivity index (χ4v) is 3.48. The summed E-state index contributed by atoms with van der Waals surface area (Å²) < 4.78 is 5.41. The fourth-order valence-electron chi connectivity index (χ4n) is 2.94. The molecule has 3 rings (SSSR count). The van der Waals surface area contributed by atoms with E-state index in [0.29, 0.717) is 17.7 Å². The highest BCUT2D eigenvalue weighted by Gasteiger charge is 2.28. The molecule has 1 amide bonds. The number of nitrogens with one attached hydrogen (secondary N) is 1. The van der Waals surface area contributed by atoms with Crippen LogP contribution in [0.1, 0.15) is 41.4 Å². The number of aromatic nitrogens is 3. The molecule has 2 atom stereocenters. The van der Waals surface area contributed by atoms with E-state index in [1.165, 1.54) is 12.4 Å². The van der Waals surface area contributed by atoms with Crippen LogP contribution in [-0.4, -0.2) is 27.1 Å². The van der Waals surface area contributed by atoms with E-state index >= 15 is 0 Å². The van der Waals surface area contributed by atoms with Gasteiger partial charge in [0, 0.05) is 31.8 Å². The summed E-state index contributed by atoms with van der Waals surface area (Å²) in [6.07, 6.45) is 6.35. The molecule has 0 radical (unpaired) electrons. The highest BCUT2D eigenvalue weighted by molar-refractivity contribution is 6.39. The molecule has 23 heavy (non-hydrogen) atoms. The number of amides is 1. The molecular weight excluding hydrogens is 339 g/mol. The van der Waals surface area contributed by atoms with Crippen LogP contribution in [0.15, 0.2) is 16.8 Å². The number of pyridine rings is 1. The number of aryl methyl sites for hydroxylation is 1. The number of carbonyl (C=O) groups excluding carboxylic acids is 1. The second-order valence-corrected chi connectivity index (χ2v) is 6.56. The first-order valence-electron chi connectivity index (χ1n) is 7.41. The Labute approximate surface area is 143 Å². The van der Waals surface area contributed by atoms with Crippen molar-refractivity contribution >= 4 is 29.1 Å². The Morgan fingerprint density at radius 3 is 2.70 bits per heavy atom. The average Bonchev–Trinajstić information content (AvgIpc) is 3.08. The monoisotopic (exact) mass is 354 g/mol. The lowest BCUT2D eigenvalue weighted by Gasteiger charge is -2.14. The van der Waals surface area contributed by atoms with Gasteiger partial charge in [-0.05, 0) is 25.2 Å². The standard InChI is InChI=1S/C15H16Cl2N4O2/c1-8-20-21-13(23-8)5-9-2-3-10(4-9)19-15(22)14-11(16)6-18-7-12(14)17/h6-7,9-10H,2-5H2,1H3,(H,19,22)/t9-,10+/m1/s1. The van der Waals surface area contributed by atoms with Gasteiger partial charge in [0.15, 0.2) is 0 Å². The minimum absolute atomic E-state index is 0.0943. The molecule has 0 bridgehead atoms. The molecule has 0 aromatic carbocycles. The summed E-state index contributed by atoms with van der Waals surface area (Å²) in [5, 5.41) is 11.4. The molecule has 2 aromatic heterocycles. The van der Waals surface area contributed by atoms with Gasteiger partial charge in [-0.25, -0.2) is 0 Å². The Morgan fingerprint density at radius 1 is 1.30 bits per heavy atom. The van der Waals surface area contributed by atoms with Crippen molar-refractivity contribution < 1.29 is 9.21 Å². The van der Waals surface area contributed by atoms with Crippen molar-refractivity contribution in [2.24, 2.45) is 5.92 Å². The van der Waals surface area contributed by atoms with Crippen molar-refractivity contribution in [3.05, 3.63) is 39.8 Å². The van der Waals surface area contributed by atoms with Gasteiger partial charge in [-0.3, -0.25) is 9.78 Å². The van der Waals surface area contributed by atoms with Gasteiger partial charge in [-0.15, -0.1) is 10.2 Å². The zero-order chi connectivity index (χ0) is 16.4. The van der Waals surface area contributed by atoms with E-state index in [2.05, 4.69) is 20.5 Å². The third-order valence-corrected chi connectivity index (χ3v) is 4.56. The van der Waals surface area contributed by atoms with Crippen molar-refractivity contribution in [3.8, 4) is 0 Å². The van der Waals surface area contributed by atoms with Crippen LogP contribution in [0.4, 0.5) is 0 Å². The van der Waals surface area contributed by atoms with Crippen LogP contribution < -0.4 is 5.32 Å². The van der Waals surface area contributed by atoms with Crippen LogP contribution in [-0.2, 0) is 6.42 Å². The zero-order valence-corrected chi connectivity index (χ0v) is 14.1. The largest absolute Gasteiger partial charge is 0.426 e. The van der Waals surface area contributed by atoms with Crippen LogP contribution >= 0.6 is 23.2 Å².